The molecule has 1 heterocycles. The van der Waals surface area contributed by atoms with Crippen LogP contribution in [0.5, 0.6) is 0 Å². The second-order valence-electron chi connectivity index (χ2n) is 4.44. The van der Waals surface area contributed by atoms with Crippen molar-refractivity contribution in [1.29, 1.82) is 0 Å². The summed E-state index contributed by atoms with van der Waals surface area (Å²) in [7, 11) is 1.01. The molecule has 2 rings (SSSR count). The van der Waals surface area contributed by atoms with Crippen LogP contribution in [0.15, 0.2) is 21.5 Å². The Balaban J connectivity index is 2.19. The maximum absolute atomic E-state index is 13.7. The van der Waals surface area contributed by atoms with Crippen LogP contribution in [0.2, 0.25) is 0 Å². The number of hydrogen-bond donors (Lipinski definition) is 0. The van der Waals surface area contributed by atoms with Crippen LogP contribution in [0, 0.1) is 5.82 Å². The van der Waals surface area contributed by atoms with Crippen LogP contribution in [-0.4, -0.2) is 33.7 Å². The van der Waals surface area contributed by atoms with Gasteiger partial charge in [-0.3, -0.25) is 0 Å². The molecule has 116 valence electrons. The normalized spacial score (nSPS) is 18.7. The van der Waals surface area contributed by atoms with E-state index in [1.807, 2.05) is 0 Å². The first-order chi connectivity index (χ1) is 9.79. The second kappa shape index (κ2) is 6.60. The van der Waals surface area contributed by atoms with Crippen LogP contribution in [0.1, 0.15) is 23.2 Å². The SMILES string of the molecule is O=C(OCC1CCCO1)c1cc(F)c(Br)c(S(=O)(=O)Cl)c1. The molecule has 0 spiro atoms. The minimum absolute atomic E-state index is 0.0411. The summed E-state index contributed by atoms with van der Waals surface area (Å²) in [6.45, 7) is 0.656. The van der Waals surface area contributed by atoms with Crippen molar-refractivity contribution in [1.82, 2.24) is 0 Å². The van der Waals surface area contributed by atoms with Crippen molar-refractivity contribution in [3.63, 3.8) is 0 Å². The van der Waals surface area contributed by atoms with Gasteiger partial charge in [-0.05, 0) is 40.9 Å². The van der Waals surface area contributed by atoms with Crippen molar-refractivity contribution in [3.05, 3.63) is 28.0 Å². The molecule has 1 saturated heterocycles. The average Bonchev–Trinajstić information content (AvgIpc) is 2.90. The van der Waals surface area contributed by atoms with E-state index in [2.05, 4.69) is 15.9 Å². The monoisotopic (exact) mass is 400 g/mol. The van der Waals surface area contributed by atoms with Crippen molar-refractivity contribution in [2.75, 3.05) is 13.2 Å². The zero-order valence-corrected chi connectivity index (χ0v) is 13.8. The fraction of sp³-hybridized carbons (Fsp3) is 0.417. The van der Waals surface area contributed by atoms with E-state index in [4.69, 9.17) is 20.2 Å². The van der Waals surface area contributed by atoms with E-state index in [1.54, 1.807) is 0 Å². The minimum Gasteiger partial charge on any atom is -0.459 e. The van der Waals surface area contributed by atoms with E-state index in [0.717, 1.165) is 25.0 Å². The predicted molar refractivity (Wildman–Crippen MR) is 76.4 cm³/mol. The summed E-state index contributed by atoms with van der Waals surface area (Å²) in [5.74, 6) is -1.75. The van der Waals surface area contributed by atoms with Gasteiger partial charge in [0.1, 0.15) is 17.3 Å². The van der Waals surface area contributed by atoms with Gasteiger partial charge in [-0.25, -0.2) is 17.6 Å². The van der Waals surface area contributed by atoms with Gasteiger partial charge in [0.15, 0.2) is 0 Å². The molecular formula is C12H11BrClFO5S. The highest BCUT2D eigenvalue weighted by atomic mass is 79.9. The lowest BCUT2D eigenvalue weighted by molar-refractivity contribution is 0.0160. The molecule has 0 amide bonds. The van der Waals surface area contributed by atoms with E-state index < -0.39 is 25.7 Å². The van der Waals surface area contributed by atoms with Gasteiger partial charge in [0, 0.05) is 17.3 Å². The smallest absolute Gasteiger partial charge is 0.338 e. The number of halogens is 3. The fourth-order valence-electron chi connectivity index (χ4n) is 1.89. The highest BCUT2D eigenvalue weighted by molar-refractivity contribution is 9.10. The number of benzene rings is 1. The first-order valence-corrected chi connectivity index (χ1v) is 9.11. The molecule has 0 N–H and O–H groups in total. The lowest BCUT2D eigenvalue weighted by Gasteiger charge is -2.11. The summed E-state index contributed by atoms with van der Waals surface area (Å²) in [6, 6.07) is 1.85. The molecule has 1 aliphatic heterocycles. The third kappa shape index (κ3) is 4.15. The molecule has 1 aliphatic rings. The summed E-state index contributed by atoms with van der Waals surface area (Å²) in [5, 5.41) is 0. The minimum atomic E-state index is -4.19. The van der Waals surface area contributed by atoms with Gasteiger partial charge in [-0.1, -0.05) is 0 Å². The number of rotatable bonds is 4. The predicted octanol–water partition coefficient (Wildman–Crippen LogP) is 2.85. The fourth-order valence-corrected chi connectivity index (χ4v) is 3.98. The van der Waals surface area contributed by atoms with E-state index in [0.29, 0.717) is 6.61 Å². The third-order valence-corrected chi connectivity index (χ3v) is 5.33. The number of ether oxygens (including phenoxy) is 2. The molecule has 0 saturated carbocycles. The molecule has 0 aromatic heterocycles. The van der Waals surface area contributed by atoms with E-state index in [-0.39, 0.29) is 22.7 Å². The molecule has 0 aliphatic carbocycles. The molecule has 1 unspecified atom stereocenters. The van der Waals surface area contributed by atoms with Gasteiger partial charge in [0.2, 0.25) is 0 Å². The van der Waals surface area contributed by atoms with Crippen molar-refractivity contribution < 1.29 is 27.1 Å². The van der Waals surface area contributed by atoms with Gasteiger partial charge >= 0.3 is 5.97 Å². The van der Waals surface area contributed by atoms with Crippen molar-refractivity contribution in [3.8, 4) is 0 Å². The van der Waals surface area contributed by atoms with Crippen LogP contribution in [0.3, 0.4) is 0 Å². The van der Waals surface area contributed by atoms with Crippen molar-refractivity contribution in [2.45, 2.75) is 23.8 Å². The number of carbonyl (C=O) groups excluding carboxylic acids is 1. The summed E-state index contributed by atoms with van der Waals surface area (Å²) in [5.41, 5.74) is -0.229. The Morgan fingerprint density at radius 1 is 1.52 bits per heavy atom. The highest BCUT2D eigenvalue weighted by Crippen LogP contribution is 2.29. The number of hydrogen-bond acceptors (Lipinski definition) is 5. The summed E-state index contributed by atoms with van der Waals surface area (Å²) >= 11 is 2.78. The molecule has 21 heavy (non-hydrogen) atoms. The second-order valence-corrected chi connectivity index (χ2v) is 7.77. The zero-order valence-electron chi connectivity index (χ0n) is 10.6. The average molecular weight is 402 g/mol. The lowest BCUT2D eigenvalue weighted by Crippen LogP contribution is -2.18. The number of esters is 1. The summed E-state index contributed by atoms with van der Waals surface area (Å²) in [4.78, 5) is 11.3. The standard InChI is InChI=1S/C12H11BrClFO5S/c13-11-9(15)4-7(5-10(11)21(14,17)18)12(16)20-6-8-2-1-3-19-8/h4-5,8H,1-3,6H2. The first kappa shape index (κ1) is 16.7. The maximum Gasteiger partial charge on any atom is 0.338 e. The molecule has 0 bridgehead atoms. The molecule has 1 fully saturated rings. The van der Waals surface area contributed by atoms with Gasteiger partial charge in [-0.15, -0.1) is 0 Å². The first-order valence-electron chi connectivity index (χ1n) is 6.01. The Labute approximate surface area is 133 Å². The third-order valence-electron chi connectivity index (χ3n) is 2.92. The Morgan fingerprint density at radius 2 is 2.24 bits per heavy atom. The molecule has 1 aromatic rings. The van der Waals surface area contributed by atoms with Crippen LogP contribution in [0.4, 0.5) is 4.39 Å². The molecule has 1 aromatic carbocycles. The topological polar surface area (TPSA) is 69.7 Å². The van der Waals surface area contributed by atoms with E-state index in [9.17, 15) is 17.6 Å². The Morgan fingerprint density at radius 3 is 2.81 bits per heavy atom. The van der Waals surface area contributed by atoms with Crippen LogP contribution in [-0.2, 0) is 18.5 Å². The Hall–Kier alpha value is -0.700. The summed E-state index contributed by atoms with van der Waals surface area (Å²) < 4.78 is 46.3. The molecule has 9 heteroatoms. The molecule has 1 atom stereocenters. The number of carbonyl (C=O) groups is 1. The molecule has 0 radical (unpaired) electrons. The quantitative estimate of drug-likeness (QED) is 0.573. The lowest BCUT2D eigenvalue weighted by atomic mass is 10.2. The van der Waals surface area contributed by atoms with E-state index in [1.165, 1.54) is 0 Å². The van der Waals surface area contributed by atoms with Crippen molar-refractivity contribution >= 4 is 41.6 Å². The van der Waals surface area contributed by atoms with Crippen LogP contribution in [0.25, 0.3) is 0 Å². The van der Waals surface area contributed by atoms with E-state index >= 15 is 0 Å². The largest absolute Gasteiger partial charge is 0.459 e. The molecule has 5 nitrogen and oxygen atoms in total. The highest BCUT2D eigenvalue weighted by Gasteiger charge is 2.23. The maximum atomic E-state index is 13.7. The zero-order chi connectivity index (χ0) is 15.6. The van der Waals surface area contributed by atoms with Gasteiger partial charge in [0.05, 0.1) is 16.1 Å². The van der Waals surface area contributed by atoms with Crippen LogP contribution >= 0.6 is 26.6 Å². The Bertz CT molecular complexity index is 658. The van der Waals surface area contributed by atoms with Gasteiger partial charge in [0.25, 0.3) is 9.05 Å². The van der Waals surface area contributed by atoms with Gasteiger partial charge in [-0.2, -0.15) is 0 Å². The van der Waals surface area contributed by atoms with Crippen molar-refractivity contribution in [2.24, 2.45) is 0 Å². The molecular weight excluding hydrogens is 391 g/mol. The van der Waals surface area contributed by atoms with Gasteiger partial charge < -0.3 is 9.47 Å². The Kier molecular flexibility index (Phi) is 5.24. The summed E-state index contributed by atoms with van der Waals surface area (Å²) in [6.07, 6.45) is 1.50. The van der Waals surface area contributed by atoms with Crippen LogP contribution < -0.4 is 0 Å².